The van der Waals surface area contributed by atoms with E-state index in [0.717, 1.165) is 6.07 Å². The van der Waals surface area contributed by atoms with E-state index in [1.54, 1.807) is 0 Å². The van der Waals surface area contributed by atoms with Gasteiger partial charge in [-0.15, -0.1) is 0 Å². The minimum atomic E-state index is -4.50. The number of phenols is 2. The number of para-hydroxylation sites is 1. The minimum absolute atomic E-state index is 0.323. The van der Waals surface area contributed by atoms with E-state index in [-0.39, 0.29) is 5.56 Å². The topological polar surface area (TPSA) is 60.8 Å². The van der Waals surface area contributed by atoms with Crippen molar-refractivity contribution in [1.82, 2.24) is 4.90 Å². The predicted octanol–water partition coefficient (Wildman–Crippen LogP) is 2.26. The van der Waals surface area contributed by atoms with Gasteiger partial charge >= 0.3 is 6.18 Å². The number of alkyl halides is 3. The summed E-state index contributed by atoms with van der Waals surface area (Å²) in [6.07, 6.45) is -3.46. The van der Waals surface area contributed by atoms with Crippen LogP contribution in [0.15, 0.2) is 18.2 Å². The number of halogens is 3. The fourth-order valence-corrected chi connectivity index (χ4v) is 1.80. The molecule has 2 rings (SSSR count). The number of carbonyl (C=O) groups is 1. The lowest BCUT2D eigenvalue weighted by Gasteiger charge is -2.24. The van der Waals surface area contributed by atoms with Gasteiger partial charge in [0, 0.05) is 6.04 Å². The van der Waals surface area contributed by atoms with E-state index in [2.05, 4.69) is 0 Å². The average molecular weight is 275 g/mol. The van der Waals surface area contributed by atoms with Crippen molar-refractivity contribution in [2.45, 2.75) is 25.1 Å². The van der Waals surface area contributed by atoms with E-state index in [9.17, 15) is 28.2 Å². The Morgan fingerprint density at radius 3 is 2.47 bits per heavy atom. The normalized spacial score (nSPS) is 15.3. The summed E-state index contributed by atoms with van der Waals surface area (Å²) >= 11 is 0. The Hall–Kier alpha value is -1.92. The summed E-state index contributed by atoms with van der Waals surface area (Å²) in [6.45, 7) is -1.36. The first kappa shape index (κ1) is 13.5. The SMILES string of the molecule is O=C(c1cccc(O)c1O)N(CC(F)(F)F)C1CC1. The Kier molecular flexibility index (Phi) is 3.30. The zero-order chi connectivity index (χ0) is 14.2. The molecule has 0 heterocycles. The maximum Gasteiger partial charge on any atom is 0.406 e. The van der Waals surface area contributed by atoms with Crippen LogP contribution in [0.25, 0.3) is 0 Å². The van der Waals surface area contributed by atoms with Gasteiger partial charge in [-0.05, 0) is 25.0 Å². The summed E-state index contributed by atoms with van der Waals surface area (Å²) in [5.41, 5.74) is -0.323. The van der Waals surface area contributed by atoms with Crippen LogP contribution in [0.2, 0.25) is 0 Å². The standard InChI is InChI=1S/C12H12F3NO3/c13-12(14,15)6-16(7-4-5-7)11(19)8-2-1-3-9(17)10(8)18/h1-3,7,17-18H,4-6H2. The molecule has 0 atom stereocenters. The second-order valence-electron chi connectivity index (χ2n) is 4.45. The van der Waals surface area contributed by atoms with Crippen LogP contribution in [0.1, 0.15) is 23.2 Å². The number of nitrogens with zero attached hydrogens (tertiary/aromatic N) is 1. The first-order valence-electron chi connectivity index (χ1n) is 5.68. The Morgan fingerprint density at radius 1 is 1.32 bits per heavy atom. The van der Waals surface area contributed by atoms with Crippen molar-refractivity contribution in [2.24, 2.45) is 0 Å². The first-order valence-corrected chi connectivity index (χ1v) is 5.68. The lowest BCUT2D eigenvalue weighted by Crippen LogP contribution is -2.40. The molecule has 4 nitrogen and oxygen atoms in total. The molecule has 0 bridgehead atoms. The lowest BCUT2D eigenvalue weighted by atomic mass is 10.1. The van der Waals surface area contributed by atoms with Gasteiger partial charge in [-0.25, -0.2) is 0 Å². The Morgan fingerprint density at radius 2 is 1.95 bits per heavy atom. The van der Waals surface area contributed by atoms with Crippen molar-refractivity contribution < 1.29 is 28.2 Å². The molecular weight excluding hydrogens is 263 g/mol. The van der Waals surface area contributed by atoms with Crippen molar-refractivity contribution in [3.8, 4) is 11.5 Å². The molecule has 1 aromatic rings. The smallest absolute Gasteiger partial charge is 0.406 e. The van der Waals surface area contributed by atoms with Crippen LogP contribution in [-0.2, 0) is 0 Å². The molecule has 104 valence electrons. The molecule has 0 radical (unpaired) electrons. The van der Waals surface area contributed by atoms with E-state index < -0.39 is 36.2 Å². The van der Waals surface area contributed by atoms with Crippen LogP contribution >= 0.6 is 0 Å². The van der Waals surface area contributed by atoms with Gasteiger partial charge in [-0.3, -0.25) is 4.79 Å². The number of carbonyl (C=O) groups excluding carboxylic acids is 1. The minimum Gasteiger partial charge on any atom is -0.504 e. The average Bonchev–Trinajstić information content (AvgIpc) is 3.12. The Balaban J connectivity index is 2.27. The van der Waals surface area contributed by atoms with Gasteiger partial charge in [0.05, 0.1) is 5.56 Å². The molecule has 1 aromatic carbocycles. The Bertz CT molecular complexity index is 497. The molecule has 0 aliphatic heterocycles. The van der Waals surface area contributed by atoms with Crippen molar-refractivity contribution >= 4 is 5.91 Å². The Labute approximate surface area is 107 Å². The third kappa shape index (κ3) is 3.10. The molecule has 0 spiro atoms. The van der Waals surface area contributed by atoms with Crippen LogP contribution in [0.4, 0.5) is 13.2 Å². The third-order valence-electron chi connectivity index (χ3n) is 2.84. The summed E-state index contributed by atoms with van der Waals surface area (Å²) in [5.74, 6) is -2.15. The van der Waals surface area contributed by atoms with Gasteiger partial charge in [0.15, 0.2) is 11.5 Å². The van der Waals surface area contributed by atoms with Crippen LogP contribution in [0.3, 0.4) is 0 Å². The molecule has 1 aliphatic carbocycles. The highest BCUT2D eigenvalue weighted by Crippen LogP contribution is 2.35. The quantitative estimate of drug-likeness (QED) is 0.832. The van der Waals surface area contributed by atoms with Crippen molar-refractivity contribution in [3.05, 3.63) is 23.8 Å². The van der Waals surface area contributed by atoms with Crippen LogP contribution in [0.5, 0.6) is 11.5 Å². The molecule has 19 heavy (non-hydrogen) atoms. The van der Waals surface area contributed by atoms with Crippen molar-refractivity contribution in [2.75, 3.05) is 6.54 Å². The molecule has 1 saturated carbocycles. The zero-order valence-electron chi connectivity index (χ0n) is 9.81. The van der Waals surface area contributed by atoms with Gasteiger partial charge < -0.3 is 15.1 Å². The van der Waals surface area contributed by atoms with Gasteiger partial charge in [-0.1, -0.05) is 6.07 Å². The summed E-state index contributed by atoms with van der Waals surface area (Å²) in [7, 11) is 0. The maximum atomic E-state index is 12.4. The third-order valence-corrected chi connectivity index (χ3v) is 2.84. The van der Waals surface area contributed by atoms with E-state index in [0.29, 0.717) is 17.7 Å². The maximum absolute atomic E-state index is 12.4. The highest BCUT2D eigenvalue weighted by Gasteiger charge is 2.41. The van der Waals surface area contributed by atoms with Gasteiger partial charge in [0.25, 0.3) is 5.91 Å². The number of hydrogen-bond acceptors (Lipinski definition) is 3. The molecule has 1 amide bonds. The lowest BCUT2D eigenvalue weighted by molar-refractivity contribution is -0.141. The summed E-state index contributed by atoms with van der Waals surface area (Å²) in [4.78, 5) is 12.7. The molecule has 7 heteroatoms. The highest BCUT2D eigenvalue weighted by atomic mass is 19.4. The molecule has 0 aromatic heterocycles. The van der Waals surface area contributed by atoms with Crippen molar-refractivity contribution in [1.29, 1.82) is 0 Å². The van der Waals surface area contributed by atoms with E-state index >= 15 is 0 Å². The molecular formula is C12H12F3NO3. The summed E-state index contributed by atoms with van der Waals surface area (Å²) in [5, 5.41) is 18.8. The van der Waals surface area contributed by atoms with Gasteiger partial charge in [-0.2, -0.15) is 13.2 Å². The van der Waals surface area contributed by atoms with Gasteiger partial charge in [0.2, 0.25) is 0 Å². The van der Waals surface area contributed by atoms with E-state index in [4.69, 9.17) is 0 Å². The number of amides is 1. The van der Waals surface area contributed by atoms with Crippen molar-refractivity contribution in [3.63, 3.8) is 0 Å². The second kappa shape index (κ2) is 4.64. The second-order valence-corrected chi connectivity index (χ2v) is 4.45. The monoisotopic (exact) mass is 275 g/mol. The zero-order valence-corrected chi connectivity index (χ0v) is 9.81. The number of benzene rings is 1. The number of phenolic OH excluding ortho intramolecular Hbond substituents is 2. The summed E-state index contributed by atoms with van der Waals surface area (Å²) in [6, 6.07) is 3.18. The van der Waals surface area contributed by atoms with E-state index in [1.807, 2.05) is 0 Å². The number of aromatic hydroxyl groups is 2. The number of hydrogen-bond donors (Lipinski definition) is 2. The molecule has 0 unspecified atom stereocenters. The fourth-order valence-electron chi connectivity index (χ4n) is 1.80. The number of rotatable bonds is 3. The van der Waals surface area contributed by atoms with Crippen LogP contribution in [-0.4, -0.2) is 39.8 Å². The molecule has 2 N–H and O–H groups in total. The first-order chi connectivity index (χ1) is 8.79. The van der Waals surface area contributed by atoms with Crippen LogP contribution < -0.4 is 0 Å². The van der Waals surface area contributed by atoms with Gasteiger partial charge in [0.1, 0.15) is 6.54 Å². The van der Waals surface area contributed by atoms with E-state index in [1.165, 1.54) is 12.1 Å². The largest absolute Gasteiger partial charge is 0.504 e. The summed E-state index contributed by atoms with van der Waals surface area (Å²) < 4.78 is 37.3. The fraction of sp³-hybridized carbons (Fsp3) is 0.417. The molecule has 1 fully saturated rings. The molecule has 0 saturated heterocycles. The molecule has 1 aliphatic rings. The highest BCUT2D eigenvalue weighted by molar-refractivity contribution is 5.98. The predicted molar refractivity (Wildman–Crippen MR) is 59.9 cm³/mol. The van der Waals surface area contributed by atoms with Crippen LogP contribution in [0, 0.1) is 0 Å².